The molecule has 2 aliphatic rings. The van der Waals surface area contributed by atoms with Crippen LogP contribution in [0.3, 0.4) is 0 Å². The van der Waals surface area contributed by atoms with Gasteiger partial charge in [0.1, 0.15) is 29.5 Å². The lowest BCUT2D eigenvalue weighted by Crippen LogP contribution is -2.51. The molecule has 2 amide bonds. The number of carbonyl (C=O) groups excluding carboxylic acids is 2. The van der Waals surface area contributed by atoms with E-state index in [1.54, 1.807) is 76.3 Å². The topological polar surface area (TPSA) is 162 Å². The van der Waals surface area contributed by atoms with Crippen molar-refractivity contribution in [3.05, 3.63) is 131 Å². The molecule has 2 aliphatic heterocycles. The van der Waals surface area contributed by atoms with Gasteiger partial charge < -0.3 is 39.6 Å². The van der Waals surface area contributed by atoms with Gasteiger partial charge in [0, 0.05) is 30.6 Å². The van der Waals surface area contributed by atoms with E-state index in [9.17, 15) is 37.8 Å². The molecule has 1 aromatic heterocycles. The van der Waals surface area contributed by atoms with Crippen LogP contribution < -0.4 is 19.9 Å². The highest BCUT2D eigenvalue weighted by atomic mass is 31.2. The summed E-state index contributed by atoms with van der Waals surface area (Å²) in [6.07, 6.45) is 1.50. The standard InChI is InChI=1S/C41H48F2N5O8P/c1-40(2,3)44-22-36(49)28-8-17-38(55-27-56-57(52,53)54)29(21-28)23-46-19-6-5-7-35(46)37(50)25-48(4)20-18-34(24-48)47-26-41(45-39(47)51,30-9-13-32(42)14-10-30)31-11-15-33(43)16-12-31/h5-17,19,21,34,36,44,49H,18,20,22-27H2,1-4H3,(H-2,45,51,52,53,54)/p+2/t34-,36?,48?/m1/s1. The van der Waals surface area contributed by atoms with Crippen LogP contribution in [0.4, 0.5) is 13.6 Å². The minimum atomic E-state index is -4.81. The molecule has 0 radical (unpaired) electrons. The molecule has 0 bridgehead atoms. The van der Waals surface area contributed by atoms with Crippen LogP contribution in [-0.4, -0.2) is 94.2 Å². The van der Waals surface area contributed by atoms with E-state index in [-0.39, 0.29) is 55.3 Å². The minimum absolute atomic E-state index is 0.121. The molecule has 2 fully saturated rings. The zero-order valence-electron chi connectivity index (χ0n) is 32.4. The molecule has 304 valence electrons. The number of likely N-dealkylation sites (tertiary alicyclic amines) is 1. The number of phosphoric ester groups is 1. The van der Waals surface area contributed by atoms with Gasteiger partial charge in [0.25, 0.3) is 11.5 Å². The summed E-state index contributed by atoms with van der Waals surface area (Å²) in [7, 11) is -2.82. The first kappa shape index (κ1) is 42.0. The van der Waals surface area contributed by atoms with E-state index in [4.69, 9.17) is 4.74 Å². The molecular formula is C41H50F2N5O8P+2. The number of likely N-dealkylation sites (N-methyl/N-ethyl adjacent to an activating group) is 1. The van der Waals surface area contributed by atoms with Crippen molar-refractivity contribution in [3.8, 4) is 5.75 Å². The molecule has 0 saturated carbocycles. The first-order valence-corrected chi connectivity index (χ1v) is 20.2. The van der Waals surface area contributed by atoms with Crippen molar-refractivity contribution in [1.29, 1.82) is 0 Å². The summed E-state index contributed by atoms with van der Waals surface area (Å²) in [6.45, 7) is 7.09. The average molecular weight is 810 g/mol. The molecule has 13 nitrogen and oxygen atoms in total. The molecule has 2 unspecified atom stereocenters. The van der Waals surface area contributed by atoms with Crippen molar-refractivity contribution >= 4 is 19.6 Å². The number of amides is 2. The number of pyridine rings is 1. The number of urea groups is 1. The molecular weight excluding hydrogens is 759 g/mol. The number of quaternary nitrogens is 1. The van der Waals surface area contributed by atoms with Gasteiger partial charge in [0.15, 0.2) is 19.5 Å². The van der Waals surface area contributed by atoms with E-state index >= 15 is 0 Å². The van der Waals surface area contributed by atoms with Crippen LogP contribution in [0.15, 0.2) is 91.1 Å². The first-order valence-electron chi connectivity index (χ1n) is 18.7. The van der Waals surface area contributed by atoms with Crippen molar-refractivity contribution in [3.63, 3.8) is 0 Å². The SMILES string of the molecule is CC(C)(C)NCC(O)c1ccc(OCOP(=O)(O)O)c(C[n+]2ccccc2C(=O)C[N+]2(C)CC[C@@H](N3CC(c4ccc(F)cc4)(c4ccc(F)cc4)NC3=O)C2)c1. The van der Waals surface area contributed by atoms with Crippen LogP contribution in [-0.2, 0) is 21.2 Å². The summed E-state index contributed by atoms with van der Waals surface area (Å²) < 4.78 is 51.5. The number of phosphoric acid groups is 1. The normalized spacial score (nSPS) is 20.1. The Hall–Kier alpha value is -4.60. The molecule has 3 aromatic carbocycles. The van der Waals surface area contributed by atoms with Crippen molar-refractivity contribution < 1.29 is 56.1 Å². The lowest BCUT2D eigenvalue weighted by Gasteiger charge is -2.32. The Bertz CT molecular complexity index is 2080. The maximum absolute atomic E-state index is 14.2. The Morgan fingerprint density at radius 3 is 2.32 bits per heavy atom. The summed E-state index contributed by atoms with van der Waals surface area (Å²) in [5.74, 6) is -0.726. The van der Waals surface area contributed by atoms with Gasteiger partial charge in [-0.1, -0.05) is 30.3 Å². The quantitative estimate of drug-likeness (QED) is 0.0382. The average Bonchev–Trinajstić information content (AvgIpc) is 3.71. The Kier molecular flexibility index (Phi) is 12.3. The van der Waals surface area contributed by atoms with Crippen LogP contribution in [0.25, 0.3) is 0 Å². The van der Waals surface area contributed by atoms with E-state index in [1.807, 2.05) is 27.8 Å². The van der Waals surface area contributed by atoms with Gasteiger partial charge in [0.05, 0.1) is 44.4 Å². The Morgan fingerprint density at radius 2 is 1.70 bits per heavy atom. The number of nitrogens with zero attached hydrogens (tertiary/aromatic N) is 3. The van der Waals surface area contributed by atoms with E-state index < -0.39 is 37.9 Å². The lowest BCUT2D eigenvalue weighted by molar-refractivity contribution is -0.890. The number of nitrogens with one attached hydrogen (secondary N) is 2. The number of aliphatic hydroxyl groups is 1. The molecule has 0 spiro atoms. The zero-order valence-corrected chi connectivity index (χ0v) is 33.3. The molecule has 3 atom stereocenters. The third-order valence-electron chi connectivity index (χ3n) is 10.6. The lowest BCUT2D eigenvalue weighted by atomic mass is 9.83. The third kappa shape index (κ3) is 10.3. The van der Waals surface area contributed by atoms with E-state index in [0.717, 1.165) is 0 Å². The van der Waals surface area contributed by atoms with Gasteiger partial charge in [0.2, 0.25) is 0 Å². The number of carbonyl (C=O) groups is 2. The van der Waals surface area contributed by atoms with Crippen molar-refractivity contribution in [2.75, 3.05) is 46.6 Å². The maximum atomic E-state index is 14.2. The smallest absolute Gasteiger partial charge is 0.466 e. The summed E-state index contributed by atoms with van der Waals surface area (Å²) in [4.78, 5) is 48.0. The second kappa shape index (κ2) is 16.7. The number of β-amino-alcohol motifs (C(OH)–C–C–N with tert-alkyl or cyclic N) is 1. The number of benzene rings is 3. The highest BCUT2D eigenvalue weighted by molar-refractivity contribution is 7.46. The molecule has 16 heteroatoms. The third-order valence-corrected chi connectivity index (χ3v) is 11.0. The zero-order chi connectivity index (χ0) is 41.2. The second-order valence-electron chi connectivity index (χ2n) is 16.1. The van der Waals surface area contributed by atoms with Crippen LogP contribution in [0.1, 0.15) is 66.0 Å². The monoisotopic (exact) mass is 809 g/mol. The van der Waals surface area contributed by atoms with E-state index in [0.29, 0.717) is 51.9 Å². The van der Waals surface area contributed by atoms with Crippen LogP contribution in [0.2, 0.25) is 0 Å². The van der Waals surface area contributed by atoms with Gasteiger partial charge in [-0.3, -0.25) is 4.79 Å². The molecule has 2 saturated heterocycles. The second-order valence-corrected chi connectivity index (χ2v) is 17.4. The Morgan fingerprint density at radius 1 is 1.05 bits per heavy atom. The van der Waals surface area contributed by atoms with Gasteiger partial charge in [-0.15, -0.1) is 0 Å². The molecule has 6 rings (SSSR count). The van der Waals surface area contributed by atoms with E-state index in [2.05, 4.69) is 15.2 Å². The highest BCUT2D eigenvalue weighted by Crippen LogP contribution is 2.38. The van der Waals surface area contributed by atoms with Crippen LogP contribution in [0, 0.1) is 11.6 Å². The maximum Gasteiger partial charge on any atom is 0.472 e. The predicted molar refractivity (Wildman–Crippen MR) is 206 cm³/mol. The van der Waals surface area contributed by atoms with E-state index in [1.165, 1.54) is 24.3 Å². The summed E-state index contributed by atoms with van der Waals surface area (Å²) in [5.41, 5.74) is 1.55. The molecule has 3 heterocycles. The molecule has 4 aromatic rings. The summed E-state index contributed by atoms with van der Waals surface area (Å²) in [5, 5.41) is 17.4. The Labute approximate surface area is 330 Å². The van der Waals surface area contributed by atoms with Crippen LogP contribution >= 0.6 is 7.82 Å². The van der Waals surface area contributed by atoms with Gasteiger partial charge in [-0.2, -0.15) is 4.57 Å². The number of aliphatic hydroxyl groups excluding tert-OH is 1. The Balaban J connectivity index is 1.20. The molecule has 57 heavy (non-hydrogen) atoms. The van der Waals surface area contributed by atoms with Gasteiger partial charge in [-0.25, -0.2) is 22.7 Å². The van der Waals surface area contributed by atoms with Gasteiger partial charge >= 0.3 is 13.9 Å². The minimum Gasteiger partial charge on any atom is -0.466 e. The number of rotatable bonds is 15. The highest BCUT2D eigenvalue weighted by Gasteiger charge is 2.51. The first-order chi connectivity index (χ1) is 26.8. The fourth-order valence-electron chi connectivity index (χ4n) is 7.66. The molecule has 5 N–H and O–H groups in total. The molecule has 0 aliphatic carbocycles. The largest absolute Gasteiger partial charge is 0.472 e. The van der Waals surface area contributed by atoms with Crippen molar-refractivity contribution in [2.45, 2.75) is 57.0 Å². The van der Waals surface area contributed by atoms with Crippen LogP contribution in [0.5, 0.6) is 5.75 Å². The van der Waals surface area contributed by atoms with Gasteiger partial charge in [-0.05, 0) is 79.9 Å². The van der Waals surface area contributed by atoms with Crippen molar-refractivity contribution in [2.24, 2.45) is 0 Å². The number of hydrogen-bond acceptors (Lipinski definition) is 7. The number of aromatic nitrogens is 1. The number of hydrogen-bond donors (Lipinski definition) is 5. The summed E-state index contributed by atoms with van der Waals surface area (Å²) in [6, 6.07) is 21.6. The fraction of sp³-hybridized carbons (Fsp3) is 0.390. The number of Topliss-reactive ketones (excluding diaryl/α,β-unsaturated/α-hetero) is 1. The number of halogens is 2. The fourth-order valence-corrected chi connectivity index (χ4v) is 7.85. The predicted octanol–water partition coefficient (Wildman–Crippen LogP) is 4.54. The van der Waals surface area contributed by atoms with Crippen molar-refractivity contribution in [1.82, 2.24) is 15.5 Å². The number of ether oxygens (including phenoxy) is 1. The summed E-state index contributed by atoms with van der Waals surface area (Å²) >= 11 is 0. The number of ketones is 1.